The second-order valence-corrected chi connectivity index (χ2v) is 9.16. The Balaban J connectivity index is 1.74. The Morgan fingerprint density at radius 2 is 1.96 bits per heavy atom. The summed E-state index contributed by atoms with van der Waals surface area (Å²) >= 11 is 3.52. The summed E-state index contributed by atoms with van der Waals surface area (Å²) in [6.45, 7) is 7.52. The summed E-state index contributed by atoms with van der Waals surface area (Å²) in [5.74, 6) is 1.25. The molecule has 0 saturated carbocycles. The molecule has 2 aromatic rings. The van der Waals surface area contributed by atoms with Crippen LogP contribution in [0.2, 0.25) is 0 Å². The predicted octanol–water partition coefficient (Wildman–Crippen LogP) is 4.86. The highest BCUT2D eigenvalue weighted by molar-refractivity contribution is 7.99. The summed E-state index contributed by atoms with van der Waals surface area (Å²) in [5.41, 5.74) is 2.73. The SMILES string of the molecule is CC(C)(C)c1ccc([C@@H]2SCCN2C(=O)Cc2cccs2)cc1. The van der Waals surface area contributed by atoms with Gasteiger partial charge in [0.05, 0.1) is 6.42 Å². The number of thiophene rings is 1. The van der Waals surface area contributed by atoms with Gasteiger partial charge in [0.1, 0.15) is 5.37 Å². The van der Waals surface area contributed by atoms with Gasteiger partial charge in [-0.25, -0.2) is 0 Å². The van der Waals surface area contributed by atoms with Crippen molar-refractivity contribution in [2.24, 2.45) is 0 Å². The molecule has 2 heterocycles. The molecule has 1 fully saturated rings. The molecular weight excluding hydrogens is 322 g/mol. The Hall–Kier alpha value is -1.26. The monoisotopic (exact) mass is 345 g/mol. The number of hydrogen-bond donors (Lipinski definition) is 0. The van der Waals surface area contributed by atoms with Gasteiger partial charge in [0.25, 0.3) is 0 Å². The molecule has 0 radical (unpaired) electrons. The molecule has 23 heavy (non-hydrogen) atoms. The quantitative estimate of drug-likeness (QED) is 0.791. The second-order valence-electron chi connectivity index (χ2n) is 6.94. The minimum atomic E-state index is 0.163. The van der Waals surface area contributed by atoms with Crippen LogP contribution in [0.25, 0.3) is 0 Å². The predicted molar refractivity (Wildman–Crippen MR) is 100 cm³/mol. The third-order valence-corrected chi connectivity index (χ3v) is 6.32. The molecule has 0 bridgehead atoms. The second kappa shape index (κ2) is 6.70. The standard InChI is InChI=1S/C19H23NOS2/c1-19(2,3)15-8-6-14(7-9-15)18-20(10-12-23-18)17(21)13-16-5-4-11-22-16/h4-9,11,18H,10,12-13H2,1-3H3/t18-/m0/s1. The Kier molecular flexibility index (Phi) is 4.83. The Labute approximate surface area is 146 Å². The van der Waals surface area contributed by atoms with E-state index in [9.17, 15) is 4.79 Å². The lowest BCUT2D eigenvalue weighted by Gasteiger charge is -2.25. The van der Waals surface area contributed by atoms with Crippen molar-refractivity contribution >= 4 is 29.0 Å². The van der Waals surface area contributed by atoms with E-state index in [4.69, 9.17) is 0 Å². The molecule has 0 spiro atoms. The first-order valence-corrected chi connectivity index (χ1v) is 9.92. The summed E-state index contributed by atoms with van der Waals surface area (Å²) < 4.78 is 0. The van der Waals surface area contributed by atoms with Crippen LogP contribution in [0.5, 0.6) is 0 Å². The summed E-state index contributed by atoms with van der Waals surface area (Å²) in [7, 11) is 0. The minimum Gasteiger partial charge on any atom is -0.325 e. The van der Waals surface area contributed by atoms with Gasteiger partial charge in [0, 0.05) is 17.2 Å². The largest absolute Gasteiger partial charge is 0.325 e. The summed E-state index contributed by atoms with van der Waals surface area (Å²) in [6, 6.07) is 12.8. The van der Waals surface area contributed by atoms with Crippen molar-refractivity contribution in [3.05, 3.63) is 57.8 Å². The van der Waals surface area contributed by atoms with Gasteiger partial charge >= 0.3 is 0 Å². The van der Waals surface area contributed by atoms with Gasteiger partial charge in [0.2, 0.25) is 5.91 Å². The number of carbonyl (C=O) groups excluding carboxylic acids is 1. The smallest absolute Gasteiger partial charge is 0.229 e. The Bertz CT molecular complexity index is 656. The third-order valence-electron chi connectivity index (χ3n) is 4.18. The molecule has 3 rings (SSSR count). The van der Waals surface area contributed by atoms with Crippen LogP contribution in [0, 0.1) is 0 Å². The maximum Gasteiger partial charge on any atom is 0.229 e. The van der Waals surface area contributed by atoms with Crippen LogP contribution in [0.3, 0.4) is 0 Å². The van der Waals surface area contributed by atoms with Gasteiger partial charge in [0.15, 0.2) is 0 Å². The summed E-state index contributed by atoms with van der Waals surface area (Å²) in [6.07, 6.45) is 0.523. The average Bonchev–Trinajstić information content (AvgIpc) is 3.17. The number of nitrogens with zero attached hydrogens (tertiary/aromatic N) is 1. The fourth-order valence-electron chi connectivity index (χ4n) is 2.81. The van der Waals surface area contributed by atoms with Crippen molar-refractivity contribution in [3.63, 3.8) is 0 Å². The highest BCUT2D eigenvalue weighted by Gasteiger charge is 2.30. The van der Waals surface area contributed by atoms with E-state index in [0.29, 0.717) is 6.42 Å². The number of hydrogen-bond acceptors (Lipinski definition) is 3. The van der Waals surface area contributed by atoms with Crippen molar-refractivity contribution in [2.75, 3.05) is 12.3 Å². The fourth-order valence-corrected chi connectivity index (χ4v) is 4.79. The van der Waals surface area contributed by atoms with E-state index in [0.717, 1.165) is 17.2 Å². The minimum absolute atomic E-state index is 0.163. The maximum atomic E-state index is 12.6. The van der Waals surface area contributed by atoms with Crippen LogP contribution < -0.4 is 0 Å². The number of thioether (sulfide) groups is 1. The first-order valence-electron chi connectivity index (χ1n) is 7.99. The van der Waals surface area contributed by atoms with Crippen molar-refractivity contribution in [2.45, 2.75) is 38.0 Å². The Morgan fingerprint density at radius 3 is 2.57 bits per heavy atom. The molecule has 1 aromatic carbocycles. The highest BCUT2D eigenvalue weighted by atomic mass is 32.2. The van der Waals surface area contributed by atoms with E-state index < -0.39 is 0 Å². The van der Waals surface area contributed by atoms with Crippen molar-refractivity contribution in [1.82, 2.24) is 4.90 Å². The zero-order valence-electron chi connectivity index (χ0n) is 13.9. The molecule has 122 valence electrons. The first-order chi connectivity index (χ1) is 10.9. The molecule has 1 atom stereocenters. The van der Waals surface area contributed by atoms with Crippen LogP contribution in [-0.4, -0.2) is 23.1 Å². The van der Waals surface area contributed by atoms with Crippen molar-refractivity contribution < 1.29 is 4.79 Å². The van der Waals surface area contributed by atoms with E-state index in [1.54, 1.807) is 11.3 Å². The number of benzene rings is 1. The average molecular weight is 346 g/mol. The third kappa shape index (κ3) is 3.81. The molecule has 1 amide bonds. The van der Waals surface area contributed by atoms with Crippen LogP contribution in [-0.2, 0) is 16.6 Å². The number of rotatable bonds is 3. The molecule has 0 aliphatic carbocycles. The fraction of sp³-hybridized carbons (Fsp3) is 0.421. The van der Waals surface area contributed by atoms with Gasteiger partial charge in [-0.05, 0) is 28.0 Å². The van der Waals surface area contributed by atoms with E-state index in [1.165, 1.54) is 11.1 Å². The summed E-state index contributed by atoms with van der Waals surface area (Å²) in [5, 5.41) is 2.20. The van der Waals surface area contributed by atoms with Crippen molar-refractivity contribution in [3.8, 4) is 0 Å². The van der Waals surface area contributed by atoms with Crippen LogP contribution in [0.15, 0.2) is 41.8 Å². The van der Waals surface area contributed by atoms with Crippen molar-refractivity contribution in [1.29, 1.82) is 0 Å². The lowest BCUT2D eigenvalue weighted by Crippen LogP contribution is -2.31. The van der Waals surface area contributed by atoms with Gasteiger partial charge in [-0.2, -0.15) is 0 Å². The van der Waals surface area contributed by atoms with Crippen LogP contribution >= 0.6 is 23.1 Å². The van der Waals surface area contributed by atoms with E-state index in [2.05, 4.69) is 45.0 Å². The zero-order valence-corrected chi connectivity index (χ0v) is 15.5. The molecule has 1 saturated heterocycles. The normalized spacial score (nSPS) is 18.4. The highest BCUT2D eigenvalue weighted by Crippen LogP contribution is 2.39. The van der Waals surface area contributed by atoms with E-state index in [1.807, 2.05) is 34.2 Å². The molecule has 4 heteroatoms. The molecule has 2 nitrogen and oxygen atoms in total. The molecule has 0 unspecified atom stereocenters. The Morgan fingerprint density at radius 1 is 1.22 bits per heavy atom. The molecule has 1 aromatic heterocycles. The summed E-state index contributed by atoms with van der Waals surface area (Å²) in [4.78, 5) is 15.8. The lowest BCUT2D eigenvalue weighted by molar-refractivity contribution is -0.130. The maximum absolute atomic E-state index is 12.6. The van der Waals surface area contributed by atoms with Gasteiger partial charge in [-0.15, -0.1) is 23.1 Å². The number of carbonyl (C=O) groups is 1. The zero-order chi connectivity index (χ0) is 16.4. The molecule has 0 N–H and O–H groups in total. The first kappa shape index (κ1) is 16.6. The van der Waals surface area contributed by atoms with Crippen LogP contribution in [0.1, 0.15) is 42.1 Å². The van der Waals surface area contributed by atoms with Gasteiger partial charge in [-0.3, -0.25) is 4.79 Å². The topological polar surface area (TPSA) is 20.3 Å². The van der Waals surface area contributed by atoms with E-state index in [-0.39, 0.29) is 16.7 Å². The van der Waals surface area contributed by atoms with Gasteiger partial charge < -0.3 is 4.90 Å². The van der Waals surface area contributed by atoms with Gasteiger partial charge in [-0.1, -0.05) is 51.1 Å². The number of amides is 1. The lowest BCUT2D eigenvalue weighted by atomic mass is 9.86. The molecule has 1 aliphatic heterocycles. The molecule has 1 aliphatic rings. The van der Waals surface area contributed by atoms with Crippen LogP contribution in [0.4, 0.5) is 0 Å². The molecular formula is C19H23NOS2. The van der Waals surface area contributed by atoms with E-state index >= 15 is 0 Å².